The van der Waals surface area contributed by atoms with E-state index in [0.29, 0.717) is 10.7 Å². The summed E-state index contributed by atoms with van der Waals surface area (Å²) in [6.07, 6.45) is 2.23. The summed E-state index contributed by atoms with van der Waals surface area (Å²) in [5.74, 6) is 0.199. The van der Waals surface area contributed by atoms with Crippen molar-refractivity contribution in [1.29, 1.82) is 0 Å². The van der Waals surface area contributed by atoms with E-state index in [4.69, 9.17) is 17.3 Å². The van der Waals surface area contributed by atoms with Gasteiger partial charge in [-0.05, 0) is 38.0 Å². The van der Waals surface area contributed by atoms with Crippen LogP contribution in [0.1, 0.15) is 19.8 Å². The van der Waals surface area contributed by atoms with Crippen molar-refractivity contribution < 1.29 is 4.79 Å². The van der Waals surface area contributed by atoms with Crippen LogP contribution < -0.4 is 5.73 Å². The number of nitrogens with zero attached hydrogens (tertiary/aromatic N) is 1. The van der Waals surface area contributed by atoms with Gasteiger partial charge in [0.1, 0.15) is 0 Å². The van der Waals surface area contributed by atoms with Crippen molar-refractivity contribution in [2.75, 3.05) is 18.8 Å². The second-order valence-electron chi connectivity index (χ2n) is 4.48. The first-order valence-corrected chi connectivity index (χ1v) is 7.34. The van der Waals surface area contributed by atoms with Crippen LogP contribution in [0.2, 0.25) is 5.02 Å². The SMILES string of the molecule is CC(Sc1ccc(N)cc1Cl)C(=O)N1CCCC1. The molecule has 0 aromatic heterocycles. The van der Waals surface area contributed by atoms with Gasteiger partial charge in [0.25, 0.3) is 0 Å². The van der Waals surface area contributed by atoms with Gasteiger partial charge in [-0.2, -0.15) is 0 Å². The molecule has 1 aliphatic rings. The molecule has 2 N–H and O–H groups in total. The molecule has 0 saturated carbocycles. The normalized spacial score (nSPS) is 16.9. The standard InChI is InChI=1S/C13H17ClN2OS/c1-9(13(17)16-6-2-3-7-16)18-12-5-4-10(15)8-11(12)14/h4-5,8-9H,2-3,6-7,15H2,1H3. The van der Waals surface area contributed by atoms with E-state index in [9.17, 15) is 4.79 Å². The summed E-state index contributed by atoms with van der Waals surface area (Å²) < 4.78 is 0. The molecule has 5 heteroatoms. The van der Waals surface area contributed by atoms with E-state index in [1.807, 2.05) is 17.9 Å². The first kappa shape index (κ1) is 13.6. The fourth-order valence-corrected chi connectivity index (χ4v) is 3.32. The molecule has 1 saturated heterocycles. The van der Waals surface area contributed by atoms with Crippen molar-refractivity contribution in [2.45, 2.75) is 29.9 Å². The fraction of sp³-hybridized carbons (Fsp3) is 0.462. The minimum Gasteiger partial charge on any atom is -0.399 e. The highest BCUT2D eigenvalue weighted by atomic mass is 35.5. The average molecular weight is 285 g/mol. The molecule has 0 spiro atoms. The third-order valence-electron chi connectivity index (χ3n) is 3.03. The third-order valence-corrected chi connectivity index (χ3v) is 4.62. The second-order valence-corrected chi connectivity index (χ2v) is 6.27. The van der Waals surface area contributed by atoms with Gasteiger partial charge in [-0.15, -0.1) is 11.8 Å². The molecule has 1 aliphatic heterocycles. The van der Waals surface area contributed by atoms with Crippen LogP contribution >= 0.6 is 23.4 Å². The third kappa shape index (κ3) is 3.12. The summed E-state index contributed by atoms with van der Waals surface area (Å²) in [6.45, 7) is 3.70. The second kappa shape index (κ2) is 5.85. The number of carbonyl (C=O) groups is 1. The molecule has 1 aromatic rings. The molecule has 1 fully saturated rings. The Bertz CT molecular complexity index is 447. The molecular formula is C13H17ClN2OS. The summed E-state index contributed by atoms with van der Waals surface area (Å²) in [6, 6.07) is 5.40. The van der Waals surface area contributed by atoms with E-state index in [1.165, 1.54) is 11.8 Å². The Morgan fingerprint density at radius 1 is 1.44 bits per heavy atom. The highest BCUT2D eigenvalue weighted by Gasteiger charge is 2.24. The zero-order chi connectivity index (χ0) is 13.1. The maximum absolute atomic E-state index is 12.2. The molecular weight excluding hydrogens is 268 g/mol. The molecule has 1 amide bonds. The van der Waals surface area contributed by atoms with E-state index < -0.39 is 0 Å². The number of hydrogen-bond donors (Lipinski definition) is 1. The Balaban J connectivity index is 2.01. The van der Waals surface area contributed by atoms with Gasteiger partial charge >= 0.3 is 0 Å². The lowest BCUT2D eigenvalue weighted by molar-refractivity contribution is -0.129. The summed E-state index contributed by atoms with van der Waals surface area (Å²) in [7, 11) is 0. The number of thioether (sulfide) groups is 1. The number of rotatable bonds is 3. The van der Waals surface area contributed by atoms with Gasteiger partial charge in [-0.3, -0.25) is 4.79 Å². The van der Waals surface area contributed by atoms with Crippen LogP contribution in [-0.4, -0.2) is 29.1 Å². The van der Waals surface area contributed by atoms with Gasteiger partial charge in [0.2, 0.25) is 5.91 Å². The Kier molecular flexibility index (Phi) is 4.40. The maximum atomic E-state index is 12.2. The number of carbonyl (C=O) groups excluding carboxylic acids is 1. The minimum atomic E-state index is -0.107. The van der Waals surface area contributed by atoms with E-state index in [2.05, 4.69) is 0 Å². The smallest absolute Gasteiger partial charge is 0.235 e. The highest BCUT2D eigenvalue weighted by Crippen LogP contribution is 2.32. The maximum Gasteiger partial charge on any atom is 0.235 e. The van der Waals surface area contributed by atoms with Gasteiger partial charge in [0.05, 0.1) is 10.3 Å². The number of amides is 1. The molecule has 0 radical (unpaired) electrons. The summed E-state index contributed by atoms with van der Waals surface area (Å²) in [5.41, 5.74) is 6.29. The van der Waals surface area contributed by atoms with E-state index in [1.54, 1.807) is 12.1 Å². The van der Waals surface area contributed by atoms with Crippen molar-refractivity contribution in [2.24, 2.45) is 0 Å². The van der Waals surface area contributed by atoms with Crippen LogP contribution in [0, 0.1) is 0 Å². The van der Waals surface area contributed by atoms with Crippen LogP contribution in [0.3, 0.4) is 0 Å². The largest absolute Gasteiger partial charge is 0.399 e. The molecule has 1 heterocycles. The number of halogens is 1. The van der Waals surface area contributed by atoms with Crippen LogP contribution in [0.15, 0.2) is 23.1 Å². The Morgan fingerprint density at radius 3 is 2.72 bits per heavy atom. The lowest BCUT2D eigenvalue weighted by atomic mass is 10.3. The average Bonchev–Trinajstić information content (AvgIpc) is 2.85. The number of anilines is 1. The Labute approximate surface area is 117 Å². The summed E-state index contributed by atoms with van der Waals surface area (Å²) >= 11 is 7.61. The van der Waals surface area contributed by atoms with E-state index in [-0.39, 0.29) is 11.2 Å². The van der Waals surface area contributed by atoms with Crippen LogP contribution in [0.4, 0.5) is 5.69 Å². The van der Waals surface area contributed by atoms with Gasteiger partial charge < -0.3 is 10.6 Å². The first-order valence-electron chi connectivity index (χ1n) is 6.08. The van der Waals surface area contributed by atoms with Crippen molar-refractivity contribution in [1.82, 2.24) is 4.90 Å². The Hall–Kier alpha value is -0.870. The Morgan fingerprint density at radius 2 is 2.11 bits per heavy atom. The van der Waals surface area contributed by atoms with Crippen molar-refractivity contribution >= 4 is 35.0 Å². The zero-order valence-electron chi connectivity index (χ0n) is 10.4. The van der Waals surface area contributed by atoms with E-state index in [0.717, 1.165) is 30.8 Å². The molecule has 3 nitrogen and oxygen atoms in total. The van der Waals surface area contributed by atoms with Crippen LogP contribution in [0.5, 0.6) is 0 Å². The fourth-order valence-electron chi connectivity index (χ4n) is 2.05. The lowest BCUT2D eigenvalue weighted by Gasteiger charge is -2.20. The molecule has 0 aliphatic carbocycles. The van der Waals surface area contributed by atoms with Gasteiger partial charge in [0, 0.05) is 23.7 Å². The number of likely N-dealkylation sites (tertiary alicyclic amines) is 1. The molecule has 1 aromatic carbocycles. The van der Waals surface area contributed by atoms with Gasteiger partial charge in [-0.25, -0.2) is 0 Å². The minimum absolute atomic E-state index is 0.107. The quantitative estimate of drug-likeness (QED) is 0.685. The monoisotopic (exact) mass is 284 g/mol. The molecule has 1 atom stereocenters. The highest BCUT2D eigenvalue weighted by molar-refractivity contribution is 8.00. The van der Waals surface area contributed by atoms with Crippen molar-refractivity contribution in [3.63, 3.8) is 0 Å². The molecule has 1 unspecified atom stereocenters. The van der Waals surface area contributed by atoms with Crippen molar-refractivity contribution in [3.8, 4) is 0 Å². The number of benzene rings is 1. The summed E-state index contributed by atoms with van der Waals surface area (Å²) in [4.78, 5) is 15.0. The summed E-state index contributed by atoms with van der Waals surface area (Å²) in [5, 5.41) is 0.505. The van der Waals surface area contributed by atoms with Crippen LogP contribution in [-0.2, 0) is 4.79 Å². The predicted molar refractivity (Wildman–Crippen MR) is 77.0 cm³/mol. The van der Waals surface area contributed by atoms with Crippen LogP contribution in [0.25, 0.3) is 0 Å². The number of nitrogens with two attached hydrogens (primary N) is 1. The molecule has 98 valence electrons. The van der Waals surface area contributed by atoms with E-state index >= 15 is 0 Å². The zero-order valence-corrected chi connectivity index (χ0v) is 11.9. The number of nitrogen functional groups attached to an aromatic ring is 1. The van der Waals surface area contributed by atoms with Gasteiger partial charge in [0.15, 0.2) is 0 Å². The van der Waals surface area contributed by atoms with Gasteiger partial charge in [-0.1, -0.05) is 11.6 Å². The molecule has 18 heavy (non-hydrogen) atoms. The predicted octanol–water partition coefficient (Wildman–Crippen LogP) is 3.03. The van der Waals surface area contributed by atoms with Crippen molar-refractivity contribution in [3.05, 3.63) is 23.2 Å². The molecule has 2 rings (SSSR count). The topological polar surface area (TPSA) is 46.3 Å². The first-order chi connectivity index (χ1) is 8.58. The molecule has 0 bridgehead atoms. The lowest BCUT2D eigenvalue weighted by Crippen LogP contribution is -2.34. The number of hydrogen-bond acceptors (Lipinski definition) is 3.